The van der Waals surface area contributed by atoms with Crippen molar-refractivity contribution in [1.29, 1.82) is 0 Å². The van der Waals surface area contributed by atoms with E-state index in [1.165, 1.54) is 10.9 Å². The summed E-state index contributed by atoms with van der Waals surface area (Å²) >= 11 is 0. The van der Waals surface area contributed by atoms with Crippen LogP contribution in [0, 0.1) is 13.8 Å². The van der Waals surface area contributed by atoms with Gasteiger partial charge in [0.2, 0.25) is 5.91 Å². The van der Waals surface area contributed by atoms with E-state index in [-0.39, 0.29) is 18.0 Å². The van der Waals surface area contributed by atoms with Crippen LogP contribution < -0.4 is 10.9 Å². The molecule has 1 amide bonds. The molecular formula is C21H22N4O2. The van der Waals surface area contributed by atoms with Gasteiger partial charge < -0.3 is 5.32 Å². The van der Waals surface area contributed by atoms with Gasteiger partial charge in [-0.15, -0.1) is 0 Å². The van der Waals surface area contributed by atoms with Crippen molar-refractivity contribution < 1.29 is 4.79 Å². The molecule has 1 aromatic carbocycles. The van der Waals surface area contributed by atoms with Crippen molar-refractivity contribution in [3.05, 3.63) is 63.3 Å². The van der Waals surface area contributed by atoms with E-state index in [4.69, 9.17) is 0 Å². The van der Waals surface area contributed by atoms with Gasteiger partial charge in [-0.2, -0.15) is 0 Å². The summed E-state index contributed by atoms with van der Waals surface area (Å²) in [5.74, 6) is -0.255. The number of hydrogen-bond acceptors (Lipinski definition) is 4. The maximum atomic E-state index is 12.8. The second kappa shape index (κ2) is 6.95. The van der Waals surface area contributed by atoms with Crippen molar-refractivity contribution in [2.75, 3.05) is 5.32 Å². The minimum atomic E-state index is -0.255. The molecule has 0 aliphatic heterocycles. The Morgan fingerprint density at radius 1 is 1.11 bits per heavy atom. The van der Waals surface area contributed by atoms with Gasteiger partial charge in [-0.1, -0.05) is 6.07 Å². The monoisotopic (exact) mass is 362 g/mol. The van der Waals surface area contributed by atoms with Crippen LogP contribution in [0.4, 0.5) is 5.69 Å². The van der Waals surface area contributed by atoms with Gasteiger partial charge in [0.15, 0.2) is 5.65 Å². The average molecular weight is 362 g/mol. The molecule has 27 heavy (non-hydrogen) atoms. The molecule has 0 saturated carbocycles. The summed E-state index contributed by atoms with van der Waals surface area (Å²) in [6.45, 7) is 3.88. The smallest absolute Gasteiger partial charge is 0.263 e. The molecule has 6 nitrogen and oxygen atoms in total. The summed E-state index contributed by atoms with van der Waals surface area (Å²) in [6.07, 6.45) is 5.54. The molecule has 1 aliphatic rings. The van der Waals surface area contributed by atoms with Crippen LogP contribution >= 0.6 is 0 Å². The fourth-order valence-corrected chi connectivity index (χ4v) is 3.72. The molecule has 1 aliphatic carbocycles. The standard InChI is InChI=1S/C21H22N4O2/c1-13-7-14(2)9-16(8-13)23-19(26)11-25-12-22-20-17(21(25)27)10-15-5-3-4-6-18(15)24-20/h7-10,12H,3-6,11H2,1-2H3,(H,23,26). The van der Waals surface area contributed by atoms with Crippen molar-refractivity contribution in [1.82, 2.24) is 14.5 Å². The maximum absolute atomic E-state index is 12.8. The molecule has 0 atom stereocenters. The third-order valence-corrected chi connectivity index (χ3v) is 4.91. The van der Waals surface area contributed by atoms with E-state index in [1.54, 1.807) is 0 Å². The van der Waals surface area contributed by atoms with E-state index in [0.29, 0.717) is 11.0 Å². The predicted octanol–water partition coefficient (Wildman–Crippen LogP) is 2.93. The first-order valence-corrected chi connectivity index (χ1v) is 9.26. The fraction of sp³-hybridized carbons (Fsp3) is 0.333. The minimum absolute atomic E-state index is 0.0775. The number of aromatic nitrogens is 3. The highest BCUT2D eigenvalue weighted by molar-refractivity contribution is 5.91. The lowest BCUT2D eigenvalue weighted by atomic mass is 9.95. The van der Waals surface area contributed by atoms with E-state index < -0.39 is 0 Å². The number of nitrogens with one attached hydrogen (secondary N) is 1. The first kappa shape index (κ1) is 17.4. The van der Waals surface area contributed by atoms with Gasteiger partial charge in [-0.3, -0.25) is 14.2 Å². The van der Waals surface area contributed by atoms with Crippen LogP contribution in [0.2, 0.25) is 0 Å². The molecular weight excluding hydrogens is 340 g/mol. The molecule has 0 saturated heterocycles. The third-order valence-electron chi connectivity index (χ3n) is 4.91. The van der Waals surface area contributed by atoms with E-state index in [2.05, 4.69) is 15.3 Å². The van der Waals surface area contributed by atoms with Gasteiger partial charge >= 0.3 is 0 Å². The summed E-state index contributed by atoms with van der Waals surface area (Å²) in [7, 11) is 0. The van der Waals surface area contributed by atoms with E-state index in [9.17, 15) is 9.59 Å². The molecule has 4 rings (SSSR count). The molecule has 138 valence electrons. The average Bonchev–Trinajstić information content (AvgIpc) is 2.62. The van der Waals surface area contributed by atoms with Crippen molar-refractivity contribution in [2.45, 2.75) is 46.1 Å². The number of carbonyl (C=O) groups excluding carboxylic acids is 1. The van der Waals surface area contributed by atoms with Crippen molar-refractivity contribution in [3.8, 4) is 0 Å². The topological polar surface area (TPSA) is 76.9 Å². The Morgan fingerprint density at radius 3 is 2.63 bits per heavy atom. The first-order valence-electron chi connectivity index (χ1n) is 9.26. The molecule has 1 N–H and O–H groups in total. The first-order chi connectivity index (χ1) is 13.0. The Kier molecular flexibility index (Phi) is 4.48. The summed E-state index contributed by atoms with van der Waals surface area (Å²) in [6, 6.07) is 7.76. The van der Waals surface area contributed by atoms with Crippen LogP contribution in [0.25, 0.3) is 11.0 Å². The minimum Gasteiger partial charge on any atom is -0.325 e. The third kappa shape index (κ3) is 3.60. The molecule has 3 aromatic rings. The summed E-state index contributed by atoms with van der Waals surface area (Å²) in [4.78, 5) is 34.1. The number of hydrogen-bond donors (Lipinski definition) is 1. The summed E-state index contributed by atoms with van der Waals surface area (Å²) in [5, 5.41) is 3.34. The summed E-state index contributed by atoms with van der Waals surface area (Å²) in [5.41, 5.74) is 5.30. The van der Waals surface area contributed by atoms with Crippen molar-refractivity contribution in [3.63, 3.8) is 0 Å². The number of fused-ring (bicyclic) bond motifs is 2. The van der Waals surface area contributed by atoms with E-state index >= 15 is 0 Å². The highest BCUT2D eigenvalue weighted by Crippen LogP contribution is 2.21. The normalized spacial score (nSPS) is 13.4. The zero-order valence-electron chi connectivity index (χ0n) is 15.6. The van der Waals surface area contributed by atoms with Gasteiger partial charge in [0.25, 0.3) is 5.56 Å². The van der Waals surface area contributed by atoms with Gasteiger partial charge in [0, 0.05) is 11.4 Å². The Hall–Kier alpha value is -3.02. The molecule has 0 spiro atoms. The Balaban J connectivity index is 1.60. The second-order valence-electron chi connectivity index (χ2n) is 7.27. The highest BCUT2D eigenvalue weighted by Gasteiger charge is 2.15. The highest BCUT2D eigenvalue weighted by atomic mass is 16.2. The van der Waals surface area contributed by atoms with Crippen molar-refractivity contribution in [2.24, 2.45) is 0 Å². The number of carbonyl (C=O) groups is 1. The lowest BCUT2D eigenvalue weighted by Crippen LogP contribution is -2.28. The number of nitrogens with zero attached hydrogens (tertiary/aromatic N) is 3. The zero-order valence-corrected chi connectivity index (χ0v) is 15.6. The van der Waals surface area contributed by atoms with Crippen LogP contribution in [0.15, 0.2) is 35.4 Å². The Labute approximate surface area is 157 Å². The fourth-order valence-electron chi connectivity index (χ4n) is 3.72. The molecule has 0 bridgehead atoms. The molecule has 2 aromatic heterocycles. The Morgan fingerprint density at radius 2 is 1.85 bits per heavy atom. The van der Waals surface area contributed by atoms with Crippen LogP contribution in [0.5, 0.6) is 0 Å². The van der Waals surface area contributed by atoms with Gasteiger partial charge in [0.05, 0.1) is 5.39 Å². The molecule has 0 fully saturated rings. The van der Waals surface area contributed by atoms with Gasteiger partial charge in [-0.25, -0.2) is 9.97 Å². The molecule has 0 radical (unpaired) electrons. The van der Waals surface area contributed by atoms with E-state index in [1.807, 2.05) is 38.1 Å². The lowest BCUT2D eigenvalue weighted by Gasteiger charge is -2.15. The van der Waals surface area contributed by atoms with Crippen LogP contribution in [-0.4, -0.2) is 20.4 Å². The molecule has 6 heteroatoms. The molecule has 2 heterocycles. The second-order valence-corrected chi connectivity index (χ2v) is 7.27. The van der Waals surface area contributed by atoms with Gasteiger partial charge in [-0.05, 0) is 74.4 Å². The van der Waals surface area contributed by atoms with Crippen LogP contribution in [0.3, 0.4) is 0 Å². The largest absolute Gasteiger partial charge is 0.325 e. The van der Waals surface area contributed by atoms with Gasteiger partial charge in [0.1, 0.15) is 12.9 Å². The van der Waals surface area contributed by atoms with Crippen LogP contribution in [0.1, 0.15) is 35.2 Å². The maximum Gasteiger partial charge on any atom is 0.263 e. The number of anilines is 1. The number of pyridine rings is 1. The van der Waals surface area contributed by atoms with Crippen LogP contribution in [-0.2, 0) is 24.2 Å². The number of aryl methyl sites for hydroxylation is 4. The molecule has 0 unspecified atom stereocenters. The number of rotatable bonds is 3. The van der Waals surface area contributed by atoms with E-state index in [0.717, 1.165) is 53.8 Å². The SMILES string of the molecule is Cc1cc(C)cc(NC(=O)Cn2cnc3nc4c(cc3c2=O)CCCC4)c1. The predicted molar refractivity (Wildman–Crippen MR) is 105 cm³/mol. The van der Waals surface area contributed by atoms with Crippen molar-refractivity contribution >= 4 is 22.6 Å². The quantitative estimate of drug-likeness (QED) is 0.777. The Bertz CT molecular complexity index is 1080. The number of amides is 1. The zero-order chi connectivity index (χ0) is 19.0. The lowest BCUT2D eigenvalue weighted by molar-refractivity contribution is -0.116. The number of benzene rings is 1. The summed E-state index contributed by atoms with van der Waals surface area (Å²) < 4.78 is 1.34.